The van der Waals surface area contributed by atoms with Crippen molar-refractivity contribution in [3.05, 3.63) is 24.3 Å². The van der Waals surface area contributed by atoms with Crippen molar-refractivity contribution >= 4 is 11.9 Å². The SMILES string of the molecule is CC/C=C/C/C=C/CCCCC(=O)OCC(O)COCCC(C(=O)O)[N+](C)(C)C. The number of rotatable bonds is 17. The molecule has 0 aromatic heterocycles. The topological polar surface area (TPSA) is 93.1 Å². The molecule has 0 saturated carbocycles. The molecule has 29 heavy (non-hydrogen) atoms. The van der Waals surface area contributed by atoms with Crippen LogP contribution in [-0.2, 0) is 19.1 Å². The van der Waals surface area contributed by atoms with Crippen LogP contribution in [0, 0.1) is 0 Å². The molecule has 7 nitrogen and oxygen atoms in total. The molecule has 0 rings (SSSR count). The Balaban J connectivity index is 3.76. The van der Waals surface area contributed by atoms with Gasteiger partial charge in [0.1, 0.15) is 12.7 Å². The highest BCUT2D eigenvalue weighted by Gasteiger charge is 2.30. The van der Waals surface area contributed by atoms with Crippen molar-refractivity contribution in [2.45, 2.75) is 64.0 Å². The summed E-state index contributed by atoms with van der Waals surface area (Å²) >= 11 is 0. The summed E-state index contributed by atoms with van der Waals surface area (Å²) in [5, 5.41) is 19.1. The highest BCUT2D eigenvalue weighted by atomic mass is 16.5. The molecule has 0 aromatic carbocycles. The van der Waals surface area contributed by atoms with Gasteiger partial charge in [-0.2, -0.15) is 0 Å². The Kier molecular flexibility index (Phi) is 15.2. The van der Waals surface area contributed by atoms with Gasteiger partial charge in [0.15, 0.2) is 6.04 Å². The third-order valence-corrected chi connectivity index (χ3v) is 4.35. The summed E-state index contributed by atoms with van der Waals surface area (Å²) in [6.07, 6.45) is 12.9. The second kappa shape index (κ2) is 16.1. The summed E-state index contributed by atoms with van der Waals surface area (Å²) in [6, 6.07) is -0.576. The van der Waals surface area contributed by atoms with Gasteiger partial charge < -0.3 is 24.2 Å². The number of hydrogen-bond acceptors (Lipinski definition) is 5. The maximum atomic E-state index is 11.7. The Labute approximate surface area is 175 Å². The Hall–Kier alpha value is -1.70. The normalized spacial score (nSPS) is 14.4. The lowest BCUT2D eigenvalue weighted by atomic mass is 10.1. The van der Waals surface area contributed by atoms with Gasteiger partial charge in [0, 0.05) is 12.8 Å². The molecule has 0 saturated heterocycles. The highest BCUT2D eigenvalue weighted by Crippen LogP contribution is 2.08. The zero-order valence-corrected chi connectivity index (χ0v) is 18.5. The number of aliphatic hydroxyl groups is 1. The summed E-state index contributed by atoms with van der Waals surface area (Å²) < 4.78 is 10.7. The highest BCUT2D eigenvalue weighted by molar-refractivity contribution is 5.72. The Morgan fingerprint density at radius 3 is 2.34 bits per heavy atom. The van der Waals surface area contributed by atoms with Gasteiger partial charge in [0.25, 0.3) is 0 Å². The zero-order valence-electron chi connectivity index (χ0n) is 18.5. The number of aliphatic carboxylic acids is 1. The van der Waals surface area contributed by atoms with Crippen molar-refractivity contribution in [2.24, 2.45) is 0 Å². The molecule has 0 radical (unpaired) electrons. The molecule has 0 heterocycles. The molecule has 2 N–H and O–H groups in total. The molecular weight excluding hydrogens is 374 g/mol. The zero-order chi connectivity index (χ0) is 22.1. The largest absolute Gasteiger partial charge is 0.477 e. The number of hydrogen-bond donors (Lipinski definition) is 2. The fourth-order valence-electron chi connectivity index (χ4n) is 2.65. The number of aliphatic hydroxyl groups excluding tert-OH is 1. The summed E-state index contributed by atoms with van der Waals surface area (Å²) in [5.41, 5.74) is 0. The average Bonchev–Trinajstić information content (AvgIpc) is 2.63. The number of unbranched alkanes of at least 4 members (excludes halogenated alkanes) is 2. The molecule has 2 unspecified atom stereocenters. The second-order valence-corrected chi connectivity index (χ2v) is 8.00. The van der Waals surface area contributed by atoms with E-state index in [1.165, 1.54) is 0 Å². The van der Waals surface area contributed by atoms with Gasteiger partial charge in [-0.25, -0.2) is 4.79 Å². The van der Waals surface area contributed by atoms with Gasteiger partial charge in [-0.05, 0) is 32.1 Å². The van der Waals surface area contributed by atoms with Gasteiger partial charge in [-0.1, -0.05) is 31.2 Å². The minimum Gasteiger partial charge on any atom is -0.477 e. The number of nitrogens with zero attached hydrogens (tertiary/aromatic N) is 1. The van der Waals surface area contributed by atoms with Crippen LogP contribution in [0.25, 0.3) is 0 Å². The summed E-state index contributed by atoms with van der Waals surface area (Å²) in [7, 11) is 5.44. The molecule has 7 heteroatoms. The summed E-state index contributed by atoms with van der Waals surface area (Å²) in [6.45, 7) is 2.23. The van der Waals surface area contributed by atoms with Crippen LogP contribution >= 0.6 is 0 Å². The number of esters is 1. The van der Waals surface area contributed by atoms with E-state index in [1.54, 1.807) is 0 Å². The van der Waals surface area contributed by atoms with Crippen molar-refractivity contribution in [1.82, 2.24) is 0 Å². The van der Waals surface area contributed by atoms with E-state index in [1.807, 2.05) is 21.1 Å². The second-order valence-electron chi connectivity index (χ2n) is 8.00. The van der Waals surface area contributed by atoms with Crippen LogP contribution in [-0.4, -0.2) is 79.7 Å². The molecule has 0 spiro atoms. The molecule has 0 aliphatic carbocycles. The van der Waals surface area contributed by atoms with Gasteiger partial charge in [0.2, 0.25) is 0 Å². The molecule has 0 aromatic rings. The fourth-order valence-corrected chi connectivity index (χ4v) is 2.65. The molecule has 0 bridgehead atoms. The number of ether oxygens (including phenoxy) is 2. The molecule has 0 aliphatic rings. The van der Waals surface area contributed by atoms with Crippen LogP contribution in [0.3, 0.4) is 0 Å². The molecule has 0 aliphatic heterocycles. The van der Waals surface area contributed by atoms with Crippen LogP contribution in [0.4, 0.5) is 0 Å². The smallest absolute Gasteiger partial charge is 0.362 e. The lowest BCUT2D eigenvalue weighted by Gasteiger charge is -2.31. The van der Waals surface area contributed by atoms with E-state index in [-0.39, 0.29) is 25.8 Å². The van der Waals surface area contributed by atoms with E-state index in [4.69, 9.17) is 9.47 Å². The lowest BCUT2D eigenvalue weighted by molar-refractivity contribution is -0.887. The van der Waals surface area contributed by atoms with Crippen LogP contribution in [0.2, 0.25) is 0 Å². The molecule has 0 fully saturated rings. The average molecular weight is 415 g/mol. The van der Waals surface area contributed by atoms with Crippen LogP contribution < -0.4 is 0 Å². The fraction of sp³-hybridized carbons (Fsp3) is 0.727. The maximum Gasteiger partial charge on any atom is 0.362 e. The monoisotopic (exact) mass is 414 g/mol. The predicted octanol–water partition coefficient (Wildman–Crippen LogP) is 2.93. The molecule has 168 valence electrons. The number of quaternary nitrogens is 1. The number of allylic oxidation sites excluding steroid dienone is 4. The van der Waals surface area contributed by atoms with Crippen molar-refractivity contribution in [3.8, 4) is 0 Å². The van der Waals surface area contributed by atoms with E-state index in [0.29, 0.717) is 17.3 Å². The number of carboxylic acids is 1. The van der Waals surface area contributed by atoms with Crippen LogP contribution in [0.15, 0.2) is 24.3 Å². The van der Waals surface area contributed by atoms with Gasteiger partial charge in [-0.15, -0.1) is 0 Å². The molecule has 2 atom stereocenters. The van der Waals surface area contributed by atoms with Crippen LogP contribution in [0.5, 0.6) is 0 Å². The third-order valence-electron chi connectivity index (χ3n) is 4.35. The molecular formula is C22H40NO6+. The van der Waals surface area contributed by atoms with Crippen molar-refractivity contribution < 1.29 is 33.8 Å². The molecule has 0 amide bonds. The Morgan fingerprint density at radius 1 is 1.03 bits per heavy atom. The number of carbonyl (C=O) groups excluding carboxylic acids is 1. The van der Waals surface area contributed by atoms with Crippen molar-refractivity contribution in [1.29, 1.82) is 0 Å². The van der Waals surface area contributed by atoms with Crippen LogP contribution in [0.1, 0.15) is 51.9 Å². The first-order valence-electron chi connectivity index (χ1n) is 10.4. The van der Waals surface area contributed by atoms with E-state index < -0.39 is 18.1 Å². The third kappa shape index (κ3) is 15.9. The van der Waals surface area contributed by atoms with E-state index in [9.17, 15) is 19.8 Å². The number of carboxylic acid groups (broad SMARTS) is 1. The van der Waals surface area contributed by atoms with Gasteiger partial charge in [-0.3, -0.25) is 4.79 Å². The maximum absolute atomic E-state index is 11.7. The minimum atomic E-state index is -0.912. The number of likely N-dealkylation sites (N-methyl/N-ethyl adjacent to an activating group) is 1. The number of carbonyl (C=O) groups is 2. The quantitative estimate of drug-likeness (QED) is 0.165. The summed E-state index contributed by atoms with van der Waals surface area (Å²) in [4.78, 5) is 23.0. The predicted molar refractivity (Wildman–Crippen MR) is 114 cm³/mol. The van der Waals surface area contributed by atoms with E-state index >= 15 is 0 Å². The Morgan fingerprint density at radius 2 is 1.72 bits per heavy atom. The first-order chi connectivity index (χ1) is 13.7. The van der Waals surface area contributed by atoms with Crippen molar-refractivity contribution in [2.75, 3.05) is 41.0 Å². The standard InChI is InChI=1S/C22H39NO6/c1-5-6-7-8-9-10-11-12-13-14-21(25)29-18-19(24)17-28-16-15-20(22(26)27)23(2,3)4/h6-7,9-10,19-20,24H,5,8,11-18H2,1-4H3/p+1/b7-6+,10-9+. The Bertz CT molecular complexity index is 510. The first kappa shape index (κ1) is 27.3. The lowest BCUT2D eigenvalue weighted by Crippen LogP contribution is -2.50. The van der Waals surface area contributed by atoms with Crippen molar-refractivity contribution in [3.63, 3.8) is 0 Å². The van der Waals surface area contributed by atoms with Gasteiger partial charge in [0.05, 0.1) is 34.4 Å². The minimum absolute atomic E-state index is 0.00797. The van der Waals surface area contributed by atoms with E-state index in [2.05, 4.69) is 31.2 Å². The van der Waals surface area contributed by atoms with Gasteiger partial charge >= 0.3 is 11.9 Å². The summed E-state index contributed by atoms with van der Waals surface area (Å²) in [5.74, 6) is -1.20. The van der Waals surface area contributed by atoms with E-state index in [0.717, 1.165) is 32.1 Å². The first-order valence-corrected chi connectivity index (χ1v) is 10.4.